The Kier molecular flexibility index (Phi) is 4.22. The summed E-state index contributed by atoms with van der Waals surface area (Å²) in [6, 6.07) is 5.84. The fourth-order valence-corrected chi connectivity index (χ4v) is 1.92. The summed E-state index contributed by atoms with van der Waals surface area (Å²) in [4.78, 5) is 0. The van der Waals surface area contributed by atoms with E-state index in [1.165, 1.54) is 0 Å². The summed E-state index contributed by atoms with van der Waals surface area (Å²) in [5.74, 6) is 0. The first kappa shape index (κ1) is 13.3. The van der Waals surface area contributed by atoms with Gasteiger partial charge >= 0.3 is 0 Å². The maximum atomic E-state index is 6.18. The summed E-state index contributed by atoms with van der Waals surface area (Å²) in [7, 11) is 0. The van der Waals surface area contributed by atoms with Crippen LogP contribution in [0.5, 0.6) is 0 Å². The van der Waals surface area contributed by atoms with Crippen LogP contribution in [0.25, 0.3) is 5.69 Å². The molecule has 0 aliphatic heterocycles. The molecule has 0 aliphatic rings. The number of nitrogens with one attached hydrogen (secondary N) is 1. The van der Waals surface area contributed by atoms with Gasteiger partial charge in [0.05, 0.1) is 27.6 Å². The molecule has 0 spiro atoms. The van der Waals surface area contributed by atoms with Crippen molar-refractivity contribution in [1.82, 2.24) is 20.3 Å². The Labute approximate surface area is 116 Å². The zero-order valence-electron chi connectivity index (χ0n) is 10.2. The highest BCUT2D eigenvalue weighted by Gasteiger charge is 2.11. The van der Waals surface area contributed by atoms with Crippen LogP contribution in [-0.4, -0.2) is 21.0 Å². The van der Waals surface area contributed by atoms with Crippen LogP contribution in [0.3, 0.4) is 0 Å². The molecule has 4 nitrogen and oxygen atoms in total. The number of benzene rings is 1. The Morgan fingerprint density at radius 3 is 2.83 bits per heavy atom. The van der Waals surface area contributed by atoms with Crippen LogP contribution in [0.4, 0.5) is 0 Å². The minimum absolute atomic E-state index is 0.392. The predicted molar refractivity (Wildman–Crippen MR) is 73.4 cm³/mol. The van der Waals surface area contributed by atoms with Crippen molar-refractivity contribution < 1.29 is 0 Å². The van der Waals surface area contributed by atoms with E-state index < -0.39 is 0 Å². The smallest absolute Gasteiger partial charge is 0.0868 e. The molecule has 1 aromatic carbocycles. The molecule has 96 valence electrons. The molecule has 0 radical (unpaired) electrons. The third-order valence-corrected chi connectivity index (χ3v) is 3.28. The molecular formula is C12H14Cl2N4. The molecule has 0 bridgehead atoms. The van der Waals surface area contributed by atoms with Gasteiger partial charge in [0.25, 0.3) is 0 Å². The third-order valence-electron chi connectivity index (χ3n) is 2.47. The molecule has 1 aromatic heterocycles. The standard InChI is InChI=1S/C12H14Cl2N4/c1-8(2)15-6-9-7-16-17-18(9)11-5-3-4-10(13)12(11)14/h3-5,7-8,15H,6H2,1-2H3. The van der Waals surface area contributed by atoms with E-state index in [9.17, 15) is 0 Å². The van der Waals surface area contributed by atoms with Crippen LogP contribution >= 0.6 is 23.2 Å². The molecule has 0 fully saturated rings. The van der Waals surface area contributed by atoms with Crippen molar-refractivity contribution in [1.29, 1.82) is 0 Å². The van der Waals surface area contributed by atoms with Crippen molar-refractivity contribution in [3.63, 3.8) is 0 Å². The van der Waals surface area contributed by atoms with Gasteiger partial charge in [-0.25, -0.2) is 4.68 Å². The molecule has 1 N–H and O–H groups in total. The number of hydrogen-bond acceptors (Lipinski definition) is 3. The highest BCUT2D eigenvalue weighted by molar-refractivity contribution is 6.43. The lowest BCUT2D eigenvalue weighted by Crippen LogP contribution is -2.23. The average Bonchev–Trinajstić information content (AvgIpc) is 2.78. The first-order valence-electron chi connectivity index (χ1n) is 5.67. The fourth-order valence-electron chi connectivity index (χ4n) is 1.54. The number of nitrogens with zero attached hydrogens (tertiary/aromatic N) is 3. The minimum atomic E-state index is 0.392. The van der Waals surface area contributed by atoms with E-state index >= 15 is 0 Å². The zero-order valence-corrected chi connectivity index (χ0v) is 11.7. The Morgan fingerprint density at radius 1 is 1.33 bits per heavy atom. The second-order valence-electron chi connectivity index (χ2n) is 4.25. The molecule has 0 atom stereocenters. The highest BCUT2D eigenvalue weighted by Crippen LogP contribution is 2.28. The number of halogens is 2. The van der Waals surface area contributed by atoms with E-state index in [0.717, 1.165) is 11.4 Å². The molecule has 2 aromatic rings. The SMILES string of the molecule is CC(C)NCc1cnnn1-c1cccc(Cl)c1Cl. The molecule has 0 saturated carbocycles. The van der Waals surface area contributed by atoms with Crippen LogP contribution in [-0.2, 0) is 6.54 Å². The van der Waals surface area contributed by atoms with Crippen molar-refractivity contribution in [2.45, 2.75) is 26.4 Å². The van der Waals surface area contributed by atoms with Gasteiger partial charge < -0.3 is 5.32 Å². The maximum absolute atomic E-state index is 6.18. The van der Waals surface area contributed by atoms with Crippen molar-refractivity contribution in [2.24, 2.45) is 0 Å². The molecule has 0 amide bonds. The number of hydrogen-bond donors (Lipinski definition) is 1. The summed E-state index contributed by atoms with van der Waals surface area (Å²) < 4.78 is 1.70. The quantitative estimate of drug-likeness (QED) is 0.938. The molecule has 2 rings (SSSR count). The normalized spacial score (nSPS) is 11.2. The van der Waals surface area contributed by atoms with Gasteiger partial charge in [-0.05, 0) is 12.1 Å². The van der Waals surface area contributed by atoms with E-state index in [0.29, 0.717) is 22.6 Å². The van der Waals surface area contributed by atoms with Crippen molar-refractivity contribution in [3.8, 4) is 5.69 Å². The topological polar surface area (TPSA) is 42.7 Å². The van der Waals surface area contributed by atoms with Crippen molar-refractivity contribution >= 4 is 23.2 Å². The Hall–Kier alpha value is -1.10. The Bertz CT molecular complexity index is 537. The lowest BCUT2D eigenvalue weighted by Gasteiger charge is -2.11. The minimum Gasteiger partial charge on any atom is -0.309 e. The van der Waals surface area contributed by atoms with Gasteiger partial charge in [0, 0.05) is 12.6 Å². The molecule has 0 saturated heterocycles. The first-order valence-corrected chi connectivity index (χ1v) is 6.42. The molecule has 0 aliphatic carbocycles. The molecule has 6 heteroatoms. The second kappa shape index (κ2) is 5.69. The van der Waals surface area contributed by atoms with Gasteiger partial charge in [0.2, 0.25) is 0 Å². The molecule has 0 unspecified atom stereocenters. The Balaban J connectivity index is 2.33. The van der Waals surface area contributed by atoms with Crippen LogP contribution < -0.4 is 5.32 Å². The van der Waals surface area contributed by atoms with Crippen molar-refractivity contribution in [2.75, 3.05) is 0 Å². The maximum Gasteiger partial charge on any atom is 0.0868 e. The highest BCUT2D eigenvalue weighted by atomic mass is 35.5. The third kappa shape index (κ3) is 2.83. The average molecular weight is 285 g/mol. The first-order chi connectivity index (χ1) is 8.59. The van der Waals surface area contributed by atoms with Crippen LogP contribution in [0.1, 0.15) is 19.5 Å². The van der Waals surface area contributed by atoms with Crippen LogP contribution in [0.15, 0.2) is 24.4 Å². The van der Waals surface area contributed by atoms with Crippen LogP contribution in [0.2, 0.25) is 10.0 Å². The summed E-state index contributed by atoms with van der Waals surface area (Å²) in [6.07, 6.45) is 1.71. The summed E-state index contributed by atoms with van der Waals surface area (Å²) in [6.45, 7) is 4.84. The van der Waals surface area contributed by atoms with E-state index in [2.05, 4.69) is 29.5 Å². The lowest BCUT2D eigenvalue weighted by molar-refractivity contribution is 0.570. The zero-order chi connectivity index (χ0) is 13.1. The fraction of sp³-hybridized carbons (Fsp3) is 0.333. The van der Waals surface area contributed by atoms with Crippen molar-refractivity contribution in [3.05, 3.63) is 40.1 Å². The van der Waals surface area contributed by atoms with Gasteiger partial charge in [-0.1, -0.05) is 48.3 Å². The summed E-state index contributed by atoms with van der Waals surface area (Å²) in [5.41, 5.74) is 1.68. The summed E-state index contributed by atoms with van der Waals surface area (Å²) >= 11 is 12.2. The number of rotatable bonds is 4. The second-order valence-corrected chi connectivity index (χ2v) is 5.03. The molecular weight excluding hydrogens is 271 g/mol. The van der Waals surface area contributed by atoms with E-state index in [1.807, 2.05) is 12.1 Å². The van der Waals surface area contributed by atoms with Gasteiger partial charge in [0.1, 0.15) is 0 Å². The van der Waals surface area contributed by atoms with Crippen LogP contribution in [0, 0.1) is 0 Å². The summed E-state index contributed by atoms with van der Waals surface area (Å²) in [5, 5.41) is 12.3. The van der Waals surface area contributed by atoms with Gasteiger partial charge in [-0.3, -0.25) is 0 Å². The Morgan fingerprint density at radius 2 is 2.11 bits per heavy atom. The number of aromatic nitrogens is 3. The monoisotopic (exact) mass is 284 g/mol. The van der Waals surface area contributed by atoms with Gasteiger partial charge in [-0.15, -0.1) is 5.10 Å². The van der Waals surface area contributed by atoms with E-state index in [4.69, 9.17) is 23.2 Å². The van der Waals surface area contributed by atoms with Gasteiger partial charge in [0.15, 0.2) is 0 Å². The van der Waals surface area contributed by atoms with E-state index in [1.54, 1.807) is 16.9 Å². The van der Waals surface area contributed by atoms with Gasteiger partial charge in [-0.2, -0.15) is 0 Å². The molecule has 1 heterocycles. The lowest BCUT2D eigenvalue weighted by atomic mass is 10.3. The van der Waals surface area contributed by atoms with E-state index in [-0.39, 0.29) is 0 Å². The predicted octanol–water partition coefficient (Wildman–Crippen LogP) is 3.07. The largest absolute Gasteiger partial charge is 0.309 e. The molecule has 18 heavy (non-hydrogen) atoms.